The molecule has 0 atom stereocenters. The zero-order valence-corrected chi connectivity index (χ0v) is 12.5. The third kappa shape index (κ3) is 4.65. The van der Waals surface area contributed by atoms with Gasteiger partial charge in [0.15, 0.2) is 11.6 Å². The highest BCUT2D eigenvalue weighted by atomic mass is 28.4. The Bertz CT molecular complexity index is 397. The summed E-state index contributed by atoms with van der Waals surface area (Å²) in [6, 6.07) is 4.60. The maximum atomic E-state index is 13.1. The van der Waals surface area contributed by atoms with Gasteiger partial charge in [-0.15, -0.1) is 0 Å². The van der Waals surface area contributed by atoms with E-state index in [-0.39, 0.29) is 0 Å². The highest BCUT2D eigenvalue weighted by Crippen LogP contribution is 2.19. The highest BCUT2D eigenvalue weighted by molar-refractivity contribution is 6.60. The van der Waals surface area contributed by atoms with Crippen molar-refractivity contribution in [2.75, 3.05) is 20.8 Å². The van der Waals surface area contributed by atoms with Crippen LogP contribution in [0.1, 0.15) is 18.9 Å². The van der Waals surface area contributed by atoms with E-state index in [4.69, 9.17) is 13.3 Å². The Morgan fingerprint density at radius 1 is 1.11 bits per heavy atom. The normalized spacial score (nSPS) is 11.8. The van der Waals surface area contributed by atoms with Gasteiger partial charge in [0.1, 0.15) is 0 Å². The number of halogens is 2. The van der Waals surface area contributed by atoms with Crippen molar-refractivity contribution in [3.8, 4) is 0 Å². The number of hydrogen-bond acceptors (Lipinski definition) is 3. The standard InChI is InChI=1S/C13H20F2O3Si/c1-4-18-19(16-2,17-3)9-5-6-11-7-8-12(14)13(15)10-11/h7-8,10H,4-6,9H2,1-3H3. The lowest BCUT2D eigenvalue weighted by Gasteiger charge is -2.25. The Kier molecular flexibility index (Phi) is 6.57. The van der Waals surface area contributed by atoms with E-state index in [1.807, 2.05) is 6.92 Å². The minimum Gasteiger partial charge on any atom is -0.377 e. The first kappa shape index (κ1) is 16.2. The molecule has 0 saturated carbocycles. The summed E-state index contributed by atoms with van der Waals surface area (Å²) >= 11 is 0. The first-order valence-electron chi connectivity index (χ1n) is 6.25. The van der Waals surface area contributed by atoms with E-state index in [0.29, 0.717) is 19.1 Å². The Labute approximate surface area is 113 Å². The van der Waals surface area contributed by atoms with Crippen molar-refractivity contribution in [3.63, 3.8) is 0 Å². The van der Waals surface area contributed by atoms with Gasteiger partial charge in [0.25, 0.3) is 0 Å². The third-order valence-corrected chi connectivity index (χ3v) is 5.86. The summed E-state index contributed by atoms with van der Waals surface area (Å²) in [6.07, 6.45) is 1.37. The molecule has 3 nitrogen and oxygen atoms in total. The lowest BCUT2D eigenvalue weighted by atomic mass is 10.1. The average molecular weight is 290 g/mol. The molecule has 0 aliphatic carbocycles. The summed E-state index contributed by atoms with van der Waals surface area (Å²) in [7, 11) is 0.555. The van der Waals surface area contributed by atoms with Gasteiger partial charge in [0, 0.05) is 26.9 Å². The summed E-state index contributed by atoms with van der Waals surface area (Å²) in [5.41, 5.74) is 0.755. The molecule has 0 saturated heterocycles. The number of aryl methyl sites for hydroxylation is 1. The van der Waals surface area contributed by atoms with Crippen molar-refractivity contribution in [1.29, 1.82) is 0 Å². The second-order valence-corrected chi connectivity index (χ2v) is 7.10. The van der Waals surface area contributed by atoms with Crippen LogP contribution in [-0.2, 0) is 19.7 Å². The molecule has 0 aliphatic rings. The van der Waals surface area contributed by atoms with Crippen LogP contribution in [0.2, 0.25) is 6.04 Å². The average Bonchev–Trinajstić information content (AvgIpc) is 2.42. The Morgan fingerprint density at radius 3 is 2.32 bits per heavy atom. The van der Waals surface area contributed by atoms with Crippen molar-refractivity contribution in [1.82, 2.24) is 0 Å². The minimum absolute atomic E-state index is 0.527. The van der Waals surface area contributed by atoms with Crippen LogP contribution >= 0.6 is 0 Å². The molecule has 19 heavy (non-hydrogen) atoms. The van der Waals surface area contributed by atoms with E-state index in [9.17, 15) is 8.78 Å². The fourth-order valence-electron chi connectivity index (χ4n) is 1.90. The minimum atomic E-state index is -2.59. The van der Waals surface area contributed by atoms with Crippen LogP contribution in [0.4, 0.5) is 8.78 Å². The fraction of sp³-hybridized carbons (Fsp3) is 0.538. The largest absolute Gasteiger partial charge is 0.500 e. The van der Waals surface area contributed by atoms with Crippen molar-refractivity contribution in [2.24, 2.45) is 0 Å². The molecule has 1 rings (SSSR count). The lowest BCUT2D eigenvalue weighted by Crippen LogP contribution is -2.43. The molecule has 0 heterocycles. The number of benzene rings is 1. The van der Waals surface area contributed by atoms with Crippen LogP contribution in [0.5, 0.6) is 0 Å². The lowest BCUT2D eigenvalue weighted by molar-refractivity contribution is 0.103. The highest BCUT2D eigenvalue weighted by Gasteiger charge is 2.37. The summed E-state index contributed by atoms with van der Waals surface area (Å²) in [5.74, 6) is -1.64. The predicted molar refractivity (Wildman–Crippen MR) is 70.9 cm³/mol. The molecule has 0 radical (unpaired) electrons. The van der Waals surface area contributed by atoms with E-state index in [0.717, 1.165) is 18.1 Å². The first-order valence-corrected chi connectivity index (χ1v) is 8.18. The molecule has 0 amide bonds. The molecule has 0 N–H and O–H groups in total. The molecule has 0 unspecified atom stereocenters. The van der Waals surface area contributed by atoms with E-state index in [2.05, 4.69) is 0 Å². The molecule has 0 fully saturated rings. The van der Waals surface area contributed by atoms with Gasteiger partial charge in [-0.3, -0.25) is 0 Å². The van der Waals surface area contributed by atoms with Gasteiger partial charge in [0.2, 0.25) is 0 Å². The van der Waals surface area contributed by atoms with Gasteiger partial charge in [-0.1, -0.05) is 6.07 Å². The molecule has 1 aromatic rings. The van der Waals surface area contributed by atoms with E-state index in [1.54, 1.807) is 20.3 Å². The van der Waals surface area contributed by atoms with Gasteiger partial charge in [0.05, 0.1) is 0 Å². The molecular formula is C13H20F2O3Si. The van der Waals surface area contributed by atoms with E-state index < -0.39 is 20.4 Å². The van der Waals surface area contributed by atoms with Gasteiger partial charge in [-0.2, -0.15) is 0 Å². The molecular weight excluding hydrogens is 270 g/mol. The smallest absolute Gasteiger partial charge is 0.377 e. The SMILES string of the molecule is CCO[Si](CCCc1ccc(F)c(F)c1)(OC)OC. The van der Waals surface area contributed by atoms with Gasteiger partial charge in [-0.25, -0.2) is 8.78 Å². The molecule has 6 heteroatoms. The van der Waals surface area contributed by atoms with Gasteiger partial charge in [-0.05, 0) is 37.5 Å². The molecule has 0 spiro atoms. The topological polar surface area (TPSA) is 27.7 Å². The second-order valence-electron chi connectivity index (χ2n) is 4.13. The molecule has 0 aliphatic heterocycles. The van der Waals surface area contributed by atoms with Gasteiger partial charge < -0.3 is 13.3 Å². The number of rotatable bonds is 8. The summed E-state index contributed by atoms with van der Waals surface area (Å²) in [6.45, 7) is 2.41. The predicted octanol–water partition coefficient (Wildman–Crippen LogP) is 3.17. The van der Waals surface area contributed by atoms with E-state index in [1.165, 1.54) is 6.07 Å². The van der Waals surface area contributed by atoms with Crippen molar-refractivity contribution in [2.45, 2.75) is 25.8 Å². The second kappa shape index (κ2) is 7.69. The van der Waals surface area contributed by atoms with Crippen LogP contribution in [0.3, 0.4) is 0 Å². The van der Waals surface area contributed by atoms with Crippen LogP contribution in [0, 0.1) is 11.6 Å². The van der Waals surface area contributed by atoms with Crippen molar-refractivity contribution < 1.29 is 22.1 Å². The molecule has 1 aromatic carbocycles. The summed E-state index contributed by atoms with van der Waals surface area (Å²) < 4.78 is 42.2. The number of hydrogen-bond donors (Lipinski definition) is 0. The van der Waals surface area contributed by atoms with Crippen LogP contribution < -0.4 is 0 Å². The molecule has 0 bridgehead atoms. The molecule has 108 valence electrons. The maximum absolute atomic E-state index is 13.1. The summed E-state index contributed by atoms with van der Waals surface area (Å²) in [4.78, 5) is 0. The quantitative estimate of drug-likeness (QED) is 0.688. The van der Waals surface area contributed by atoms with E-state index >= 15 is 0 Å². The third-order valence-electron chi connectivity index (χ3n) is 2.92. The zero-order chi connectivity index (χ0) is 14.3. The first-order chi connectivity index (χ1) is 9.06. The monoisotopic (exact) mass is 290 g/mol. The van der Waals surface area contributed by atoms with Crippen molar-refractivity contribution >= 4 is 8.80 Å². The fourth-order valence-corrected chi connectivity index (χ4v) is 3.91. The Hall–Kier alpha value is -0.823. The Morgan fingerprint density at radius 2 is 1.79 bits per heavy atom. The van der Waals surface area contributed by atoms with Crippen LogP contribution in [-0.4, -0.2) is 29.6 Å². The van der Waals surface area contributed by atoms with Crippen LogP contribution in [0.25, 0.3) is 0 Å². The maximum Gasteiger partial charge on any atom is 0.500 e. The molecule has 0 aromatic heterocycles. The van der Waals surface area contributed by atoms with Gasteiger partial charge >= 0.3 is 8.80 Å². The zero-order valence-electron chi connectivity index (χ0n) is 11.5. The van der Waals surface area contributed by atoms with Crippen molar-refractivity contribution in [3.05, 3.63) is 35.4 Å². The Balaban J connectivity index is 2.54. The summed E-state index contributed by atoms with van der Waals surface area (Å²) in [5, 5.41) is 0. The van der Waals surface area contributed by atoms with Crippen LogP contribution in [0.15, 0.2) is 18.2 Å².